The van der Waals surface area contributed by atoms with Gasteiger partial charge in [0.2, 0.25) is 0 Å². The molecule has 0 bridgehead atoms. The van der Waals surface area contributed by atoms with Crippen LogP contribution >= 0.6 is 0 Å². The van der Waals surface area contributed by atoms with Crippen LogP contribution in [-0.2, 0) is 25.5 Å². The molecule has 10 heteroatoms. The fourth-order valence-electron chi connectivity index (χ4n) is 3.63. The molecule has 3 rings (SSSR count). The number of aromatic amines is 1. The minimum Gasteiger partial charge on any atom is -0.497 e. The molecule has 2 N–H and O–H groups in total. The van der Waals surface area contributed by atoms with Crippen LogP contribution in [0.15, 0.2) is 30.6 Å². The number of benzene rings is 1. The van der Waals surface area contributed by atoms with Gasteiger partial charge in [-0.2, -0.15) is 0 Å². The zero-order chi connectivity index (χ0) is 22.4. The van der Waals surface area contributed by atoms with Crippen molar-refractivity contribution in [1.29, 1.82) is 0 Å². The molecule has 1 aliphatic rings. The van der Waals surface area contributed by atoms with Crippen LogP contribution in [0.2, 0.25) is 0 Å². The van der Waals surface area contributed by atoms with Crippen LogP contribution in [0.25, 0.3) is 0 Å². The summed E-state index contributed by atoms with van der Waals surface area (Å²) in [5.74, 6) is -0.449. The minimum atomic E-state index is -0.983. The largest absolute Gasteiger partial charge is 0.497 e. The van der Waals surface area contributed by atoms with Crippen molar-refractivity contribution in [3.8, 4) is 5.75 Å². The first kappa shape index (κ1) is 22.1. The van der Waals surface area contributed by atoms with Gasteiger partial charge in [-0.1, -0.05) is 12.1 Å². The fourth-order valence-corrected chi connectivity index (χ4v) is 3.63. The van der Waals surface area contributed by atoms with Crippen molar-refractivity contribution in [2.75, 3.05) is 27.9 Å². The number of aromatic nitrogens is 2. The number of nitrogens with one attached hydrogen (secondary N) is 2. The lowest BCUT2D eigenvalue weighted by Crippen LogP contribution is -2.51. The van der Waals surface area contributed by atoms with Crippen LogP contribution in [0, 0.1) is 0 Å². The van der Waals surface area contributed by atoms with Crippen molar-refractivity contribution in [3.05, 3.63) is 47.5 Å². The average molecular weight is 430 g/mol. The number of esters is 2. The third kappa shape index (κ3) is 4.96. The van der Waals surface area contributed by atoms with Crippen molar-refractivity contribution < 1.29 is 28.6 Å². The molecule has 10 nitrogen and oxygen atoms in total. The highest BCUT2D eigenvalue weighted by molar-refractivity contribution is 5.84. The summed E-state index contributed by atoms with van der Waals surface area (Å²) in [4.78, 5) is 46.1. The van der Waals surface area contributed by atoms with Crippen molar-refractivity contribution in [1.82, 2.24) is 20.2 Å². The molecule has 2 atom stereocenters. The van der Waals surface area contributed by atoms with E-state index in [2.05, 4.69) is 20.0 Å². The first-order valence-corrected chi connectivity index (χ1v) is 9.86. The van der Waals surface area contributed by atoms with Crippen molar-refractivity contribution in [2.45, 2.75) is 31.3 Å². The number of fused-ring (bicyclic) bond motifs is 1. The van der Waals surface area contributed by atoms with E-state index in [-0.39, 0.29) is 12.8 Å². The van der Waals surface area contributed by atoms with Gasteiger partial charge in [0.1, 0.15) is 17.8 Å². The number of imidazole rings is 1. The molecule has 1 aliphatic heterocycles. The molecule has 0 fully saturated rings. The van der Waals surface area contributed by atoms with E-state index in [4.69, 9.17) is 9.47 Å². The molecule has 1 aromatic carbocycles. The number of rotatable bonds is 7. The Morgan fingerprint density at radius 3 is 2.77 bits per heavy atom. The molecule has 0 unspecified atom stereocenters. The number of ether oxygens (including phenoxy) is 3. The van der Waals surface area contributed by atoms with Gasteiger partial charge in [0, 0.05) is 25.1 Å². The lowest BCUT2D eigenvalue weighted by Gasteiger charge is -2.36. The maximum absolute atomic E-state index is 13.2. The van der Waals surface area contributed by atoms with E-state index in [1.165, 1.54) is 14.2 Å². The van der Waals surface area contributed by atoms with E-state index >= 15 is 0 Å². The maximum atomic E-state index is 13.2. The topological polar surface area (TPSA) is 123 Å². The lowest BCUT2D eigenvalue weighted by atomic mass is 9.95. The van der Waals surface area contributed by atoms with E-state index in [0.29, 0.717) is 18.7 Å². The number of methoxy groups -OCH3 is 3. The summed E-state index contributed by atoms with van der Waals surface area (Å²) in [5.41, 5.74) is 2.51. The Labute approximate surface area is 179 Å². The Bertz CT molecular complexity index is 943. The Balaban J connectivity index is 1.86. The molecular weight excluding hydrogens is 404 g/mol. The average Bonchev–Trinajstić information content (AvgIpc) is 3.29. The van der Waals surface area contributed by atoms with Crippen LogP contribution in [-0.4, -0.2) is 66.8 Å². The molecule has 0 saturated carbocycles. The van der Waals surface area contributed by atoms with Crippen LogP contribution in [0.1, 0.15) is 35.8 Å². The summed E-state index contributed by atoms with van der Waals surface area (Å²) in [5, 5.41) is 2.70. The second kappa shape index (κ2) is 9.96. The summed E-state index contributed by atoms with van der Waals surface area (Å²) in [6.45, 7) is 0.411. The predicted molar refractivity (Wildman–Crippen MR) is 109 cm³/mol. The molecule has 0 radical (unpaired) electrons. The molecule has 2 amide bonds. The number of hydrogen-bond acceptors (Lipinski definition) is 7. The van der Waals surface area contributed by atoms with Gasteiger partial charge in [0.05, 0.1) is 33.4 Å². The van der Waals surface area contributed by atoms with Crippen LogP contribution < -0.4 is 10.1 Å². The van der Waals surface area contributed by atoms with Crippen molar-refractivity contribution >= 4 is 18.0 Å². The van der Waals surface area contributed by atoms with E-state index < -0.39 is 30.1 Å². The Morgan fingerprint density at radius 1 is 1.26 bits per heavy atom. The Kier molecular flexibility index (Phi) is 7.11. The fraction of sp³-hybridized carbons (Fsp3) is 0.429. The van der Waals surface area contributed by atoms with Gasteiger partial charge in [-0.15, -0.1) is 0 Å². The molecule has 166 valence electrons. The summed E-state index contributed by atoms with van der Waals surface area (Å²) in [6, 6.07) is 5.51. The maximum Gasteiger partial charge on any atom is 0.328 e. The number of amides is 2. The quantitative estimate of drug-likeness (QED) is 0.639. The van der Waals surface area contributed by atoms with Crippen molar-refractivity contribution in [2.24, 2.45) is 0 Å². The highest BCUT2D eigenvalue weighted by Crippen LogP contribution is 2.34. The second-order valence-electron chi connectivity index (χ2n) is 7.03. The van der Waals surface area contributed by atoms with Gasteiger partial charge < -0.3 is 29.4 Å². The molecular formula is C21H26N4O6. The van der Waals surface area contributed by atoms with E-state index in [9.17, 15) is 14.4 Å². The number of carbonyl (C=O) groups is 3. The zero-order valence-corrected chi connectivity index (χ0v) is 17.7. The van der Waals surface area contributed by atoms with Crippen molar-refractivity contribution in [3.63, 3.8) is 0 Å². The number of urea groups is 1. The van der Waals surface area contributed by atoms with Gasteiger partial charge >= 0.3 is 18.0 Å². The lowest BCUT2D eigenvalue weighted by molar-refractivity contribution is -0.144. The Hall–Kier alpha value is -3.56. The number of hydrogen-bond donors (Lipinski definition) is 2. The number of carbonyl (C=O) groups excluding carboxylic acids is 3. The molecule has 2 aromatic rings. The molecule has 0 saturated heterocycles. The standard InChI is InChI=1S/C21H26N4O6/c1-29-14-6-4-5-13(11-14)19-18-15(22-12-23-18)9-10-25(19)21(28)24-16(20(27)31-3)7-8-17(26)30-2/h4-6,11-12,16,19H,7-10H2,1-3H3,(H,22,23)(H,24,28)/t16-,19-/m1/s1. The van der Waals surface area contributed by atoms with Gasteiger partial charge in [-0.3, -0.25) is 4.79 Å². The van der Waals surface area contributed by atoms with Gasteiger partial charge in [0.25, 0.3) is 0 Å². The molecule has 1 aromatic heterocycles. The molecule has 31 heavy (non-hydrogen) atoms. The van der Waals surface area contributed by atoms with Crippen LogP contribution in [0.3, 0.4) is 0 Å². The normalized spacial score (nSPS) is 16.1. The first-order valence-electron chi connectivity index (χ1n) is 9.86. The smallest absolute Gasteiger partial charge is 0.328 e. The van der Waals surface area contributed by atoms with Gasteiger partial charge in [-0.05, 0) is 24.1 Å². The SMILES string of the molecule is COC(=O)CC[C@@H](NC(=O)N1CCc2[nH]cnc2[C@H]1c1cccc(OC)c1)C(=O)OC. The molecule has 0 spiro atoms. The highest BCUT2D eigenvalue weighted by Gasteiger charge is 2.36. The van der Waals surface area contributed by atoms with E-state index in [0.717, 1.165) is 17.0 Å². The second-order valence-corrected chi connectivity index (χ2v) is 7.03. The minimum absolute atomic E-state index is 0.0284. The first-order chi connectivity index (χ1) is 15.0. The number of nitrogens with zero attached hydrogens (tertiary/aromatic N) is 2. The zero-order valence-electron chi connectivity index (χ0n) is 17.7. The summed E-state index contributed by atoms with van der Waals surface area (Å²) < 4.78 is 14.8. The monoisotopic (exact) mass is 430 g/mol. The summed E-state index contributed by atoms with van der Waals surface area (Å²) >= 11 is 0. The molecule has 0 aliphatic carbocycles. The predicted octanol–water partition coefficient (Wildman–Crippen LogP) is 1.57. The van der Waals surface area contributed by atoms with Crippen LogP contribution in [0.4, 0.5) is 4.79 Å². The third-order valence-electron chi connectivity index (χ3n) is 5.24. The highest BCUT2D eigenvalue weighted by atomic mass is 16.5. The Morgan fingerprint density at radius 2 is 2.06 bits per heavy atom. The van der Waals surface area contributed by atoms with Crippen LogP contribution in [0.5, 0.6) is 5.75 Å². The van der Waals surface area contributed by atoms with E-state index in [1.54, 1.807) is 18.3 Å². The van der Waals surface area contributed by atoms with Gasteiger partial charge in [0.15, 0.2) is 0 Å². The third-order valence-corrected chi connectivity index (χ3v) is 5.24. The summed E-state index contributed by atoms with van der Waals surface area (Å²) in [7, 11) is 4.07. The van der Waals surface area contributed by atoms with E-state index in [1.807, 2.05) is 24.3 Å². The van der Waals surface area contributed by atoms with Gasteiger partial charge in [-0.25, -0.2) is 14.6 Å². The summed E-state index contributed by atoms with van der Waals surface area (Å²) in [6.07, 6.45) is 2.23. The number of H-pyrrole nitrogens is 1. The molecule has 2 heterocycles.